The van der Waals surface area contributed by atoms with Crippen LogP contribution in [0.4, 0.5) is 11.4 Å². The van der Waals surface area contributed by atoms with Gasteiger partial charge in [0.2, 0.25) is 10.0 Å². The molecule has 1 atom stereocenters. The Morgan fingerprint density at radius 2 is 2.14 bits per heavy atom. The molecule has 0 bridgehead atoms. The van der Waals surface area contributed by atoms with Crippen LogP contribution < -0.4 is 5.32 Å². The van der Waals surface area contributed by atoms with Crippen molar-refractivity contribution in [2.24, 2.45) is 5.92 Å². The van der Waals surface area contributed by atoms with E-state index in [4.69, 9.17) is 0 Å². The number of aromatic nitrogens is 1. The van der Waals surface area contributed by atoms with E-state index < -0.39 is 14.9 Å². The highest BCUT2D eigenvalue weighted by atomic mass is 32.2. The van der Waals surface area contributed by atoms with Gasteiger partial charge in [0.25, 0.3) is 5.69 Å². The maximum Gasteiger partial charge on any atom is 0.293 e. The van der Waals surface area contributed by atoms with Crippen LogP contribution in [0.15, 0.2) is 47.5 Å². The number of nitro groups is 1. The van der Waals surface area contributed by atoms with Gasteiger partial charge in [-0.25, -0.2) is 8.42 Å². The van der Waals surface area contributed by atoms with Gasteiger partial charge in [0.15, 0.2) is 0 Å². The maximum atomic E-state index is 12.9. The predicted molar refractivity (Wildman–Crippen MR) is 107 cm³/mol. The van der Waals surface area contributed by atoms with Crippen molar-refractivity contribution in [2.45, 2.75) is 31.1 Å². The van der Waals surface area contributed by atoms with Crippen LogP contribution in [0.2, 0.25) is 0 Å². The van der Waals surface area contributed by atoms with Crippen LogP contribution in [0.25, 0.3) is 0 Å². The highest BCUT2D eigenvalue weighted by molar-refractivity contribution is 7.89. The summed E-state index contributed by atoms with van der Waals surface area (Å²) in [6.45, 7) is 3.36. The van der Waals surface area contributed by atoms with E-state index in [-0.39, 0.29) is 16.5 Å². The number of hydrogen-bond donors (Lipinski definition) is 1. The number of sulfonamides is 1. The molecule has 8 nitrogen and oxygen atoms in total. The third-order valence-electron chi connectivity index (χ3n) is 4.85. The van der Waals surface area contributed by atoms with E-state index in [1.807, 2.05) is 25.1 Å². The van der Waals surface area contributed by atoms with Gasteiger partial charge in [-0.2, -0.15) is 4.31 Å². The number of anilines is 1. The minimum absolute atomic E-state index is 0.0384. The fourth-order valence-corrected chi connectivity index (χ4v) is 4.98. The molecular formula is C19H24N4O4S. The average Bonchev–Trinajstić information content (AvgIpc) is 2.68. The fourth-order valence-electron chi connectivity index (χ4n) is 3.36. The molecule has 1 saturated heterocycles. The molecule has 1 N–H and O–H groups in total. The van der Waals surface area contributed by atoms with Crippen LogP contribution in [-0.2, 0) is 16.4 Å². The first-order valence-corrected chi connectivity index (χ1v) is 10.7. The highest BCUT2D eigenvalue weighted by Gasteiger charge is 2.30. The molecule has 2 heterocycles. The van der Waals surface area contributed by atoms with E-state index in [1.54, 1.807) is 6.20 Å². The quantitative estimate of drug-likeness (QED) is 0.562. The van der Waals surface area contributed by atoms with Crippen molar-refractivity contribution in [1.82, 2.24) is 9.29 Å². The van der Waals surface area contributed by atoms with Gasteiger partial charge in [-0.15, -0.1) is 0 Å². The van der Waals surface area contributed by atoms with Crippen molar-refractivity contribution in [3.63, 3.8) is 0 Å². The van der Waals surface area contributed by atoms with E-state index in [0.29, 0.717) is 31.7 Å². The average molecular weight is 404 g/mol. The number of nitrogens with zero attached hydrogens (tertiary/aromatic N) is 3. The molecule has 1 aromatic carbocycles. The lowest BCUT2D eigenvalue weighted by molar-refractivity contribution is -0.384. The van der Waals surface area contributed by atoms with Crippen molar-refractivity contribution in [3.8, 4) is 0 Å². The van der Waals surface area contributed by atoms with E-state index in [0.717, 1.165) is 24.6 Å². The SMILES string of the molecule is C[C@H]1CCCN(S(=O)(=O)c2ccc(NCCc3ccccn3)c([N+](=O)[O-])c2)C1. The summed E-state index contributed by atoms with van der Waals surface area (Å²) in [6, 6.07) is 9.64. The summed E-state index contributed by atoms with van der Waals surface area (Å²) >= 11 is 0. The largest absolute Gasteiger partial charge is 0.379 e. The standard InChI is InChI=1S/C19H24N4O4S/c1-15-5-4-12-22(14-15)28(26,27)17-7-8-18(19(13-17)23(24)25)21-11-9-16-6-2-3-10-20-16/h2-3,6-8,10,13,15,21H,4-5,9,11-12,14H2,1H3/t15-/m0/s1. The Balaban J connectivity index is 1.77. The summed E-state index contributed by atoms with van der Waals surface area (Å²) in [7, 11) is -3.74. The van der Waals surface area contributed by atoms with Crippen molar-refractivity contribution in [1.29, 1.82) is 0 Å². The summed E-state index contributed by atoms with van der Waals surface area (Å²) in [5.74, 6) is 0.283. The van der Waals surface area contributed by atoms with Crippen molar-refractivity contribution < 1.29 is 13.3 Å². The molecule has 28 heavy (non-hydrogen) atoms. The van der Waals surface area contributed by atoms with Crippen LogP contribution in [-0.4, -0.2) is 42.3 Å². The molecule has 0 spiro atoms. The second kappa shape index (κ2) is 8.66. The van der Waals surface area contributed by atoms with Gasteiger partial charge in [-0.1, -0.05) is 13.0 Å². The van der Waals surface area contributed by atoms with Gasteiger partial charge in [0, 0.05) is 44.0 Å². The number of benzene rings is 1. The lowest BCUT2D eigenvalue weighted by Gasteiger charge is -2.30. The first-order valence-electron chi connectivity index (χ1n) is 9.30. The van der Waals surface area contributed by atoms with Crippen molar-refractivity contribution >= 4 is 21.4 Å². The van der Waals surface area contributed by atoms with Crippen LogP contribution in [0.5, 0.6) is 0 Å². The van der Waals surface area contributed by atoms with E-state index >= 15 is 0 Å². The summed E-state index contributed by atoms with van der Waals surface area (Å²) in [5, 5.41) is 14.5. The monoisotopic (exact) mass is 404 g/mol. The fraction of sp³-hybridized carbons (Fsp3) is 0.421. The number of pyridine rings is 1. The van der Waals surface area contributed by atoms with Gasteiger partial charge in [-0.05, 0) is 43.0 Å². The minimum Gasteiger partial charge on any atom is -0.379 e. The van der Waals surface area contributed by atoms with Crippen LogP contribution in [0.3, 0.4) is 0 Å². The molecule has 1 aliphatic heterocycles. The summed E-state index contributed by atoms with van der Waals surface area (Å²) in [6.07, 6.45) is 4.09. The molecule has 9 heteroatoms. The Hall–Kier alpha value is -2.52. The second-order valence-electron chi connectivity index (χ2n) is 7.04. The van der Waals surface area contributed by atoms with Gasteiger partial charge < -0.3 is 5.32 Å². The molecule has 1 fully saturated rings. The predicted octanol–water partition coefficient (Wildman–Crippen LogP) is 3.07. The van der Waals surface area contributed by atoms with E-state index in [1.165, 1.54) is 16.4 Å². The molecule has 0 amide bonds. The highest BCUT2D eigenvalue weighted by Crippen LogP contribution is 2.30. The van der Waals surface area contributed by atoms with Crippen molar-refractivity contribution in [2.75, 3.05) is 25.0 Å². The normalized spacial score (nSPS) is 18.0. The Morgan fingerprint density at radius 3 is 2.82 bits per heavy atom. The van der Waals surface area contributed by atoms with Crippen molar-refractivity contribution in [3.05, 3.63) is 58.4 Å². The number of hydrogen-bond acceptors (Lipinski definition) is 6. The minimum atomic E-state index is -3.74. The van der Waals surface area contributed by atoms with E-state index in [2.05, 4.69) is 10.3 Å². The maximum absolute atomic E-state index is 12.9. The molecular weight excluding hydrogens is 380 g/mol. The molecule has 1 aromatic heterocycles. The number of rotatable bonds is 7. The van der Waals surface area contributed by atoms with Crippen LogP contribution >= 0.6 is 0 Å². The van der Waals surface area contributed by atoms with Gasteiger partial charge in [-0.3, -0.25) is 15.1 Å². The van der Waals surface area contributed by atoms with Gasteiger partial charge in [0.1, 0.15) is 5.69 Å². The third-order valence-corrected chi connectivity index (χ3v) is 6.71. The lowest BCUT2D eigenvalue weighted by atomic mass is 10.0. The van der Waals surface area contributed by atoms with Crippen LogP contribution in [0.1, 0.15) is 25.5 Å². The second-order valence-corrected chi connectivity index (χ2v) is 8.98. The van der Waals surface area contributed by atoms with E-state index in [9.17, 15) is 18.5 Å². The molecule has 1 aliphatic rings. The smallest absolute Gasteiger partial charge is 0.293 e. The Morgan fingerprint density at radius 1 is 1.32 bits per heavy atom. The zero-order valence-electron chi connectivity index (χ0n) is 15.7. The first-order chi connectivity index (χ1) is 13.4. The Kier molecular flexibility index (Phi) is 6.25. The molecule has 2 aromatic rings. The summed E-state index contributed by atoms with van der Waals surface area (Å²) < 4.78 is 27.2. The first kappa shape index (κ1) is 20.2. The van der Waals surface area contributed by atoms with Crippen LogP contribution in [0, 0.1) is 16.0 Å². The zero-order valence-corrected chi connectivity index (χ0v) is 16.6. The Labute approximate surface area is 164 Å². The lowest BCUT2D eigenvalue weighted by Crippen LogP contribution is -2.39. The molecule has 150 valence electrons. The molecule has 0 saturated carbocycles. The molecule has 0 aliphatic carbocycles. The molecule has 3 rings (SSSR count). The molecule has 0 radical (unpaired) electrons. The number of nitro benzene ring substituents is 1. The number of piperidine rings is 1. The van der Waals surface area contributed by atoms with Gasteiger partial charge in [0.05, 0.1) is 9.82 Å². The number of nitrogens with one attached hydrogen (secondary N) is 1. The topological polar surface area (TPSA) is 105 Å². The third kappa shape index (κ3) is 4.66. The summed E-state index contributed by atoms with van der Waals surface area (Å²) in [4.78, 5) is 15.1. The zero-order chi connectivity index (χ0) is 20.1. The van der Waals surface area contributed by atoms with Gasteiger partial charge >= 0.3 is 0 Å². The molecule has 0 unspecified atom stereocenters. The Bertz CT molecular complexity index is 934. The summed E-state index contributed by atoms with van der Waals surface area (Å²) in [5.41, 5.74) is 0.926.